The van der Waals surface area contributed by atoms with Gasteiger partial charge < -0.3 is 5.11 Å². The van der Waals surface area contributed by atoms with Crippen LogP contribution in [0.5, 0.6) is 0 Å². The van der Waals surface area contributed by atoms with Crippen LogP contribution < -0.4 is 4.72 Å². The molecule has 0 aliphatic rings. The quantitative estimate of drug-likeness (QED) is 0.883. The predicted molar refractivity (Wildman–Crippen MR) is 82.2 cm³/mol. The fraction of sp³-hybridized carbons (Fsp3) is 0.167. The number of hydrogen-bond acceptors (Lipinski definition) is 4. The van der Waals surface area contributed by atoms with Gasteiger partial charge in [-0.2, -0.15) is 0 Å². The van der Waals surface area contributed by atoms with Crippen molar-refractivity contribution in [2.24, 2.45) is 0 Å². The van der Waals surface area contributed by atoms with E-state index < -0.39 is 10.0 Å². The second-order valence-electron chi connectivity index (χ2n) is 4.02. The molecule has 2 N–H and O–H groups in total. The highest BCUT2D eigenvalue weighted by molar-refractivity contribution is 7.93. The van der Waals surface area contributed by atoms with E-state index in [1.54, 1.807) is 13.0 Å². The molecular weight excluding hydrogens is 341 g/mol. The first-order valence-electron chi connectivity index (χ1n) is 5.51. The highest BCUT2D eigenvalue weighted by Gasteiger charge is 2.21. The third kappa shape index (κ3) is 3.27. The van der Waals surface area contributed by atoms with E-state index in [0.717, 1.165) is 0 Å². The van der Waals surface area contributed by atoms with Crippen molar-refractivity contribution in [2.75, 3.05) is 4.72 Å². The Morgan fingerprint density at radius 3 is 2.60 bits per heavy atom. The van der Waals surface area contributed by atoms with Crippen LogP contribution in [0, 0.1) is 6.92 Å². The van der Waals surface area contributed by atoms with Gasteiger partial charge in [-0.3, -0.25) is 4.72 Å². The third-order valence-corrected chi connectivity index (χ3v) is 5.76. The van der Waals surface area contributed by atoms with Crippen molar-refractivity contribution in [2.45, 2.75) is 18.4 Å². The number of rotatable bonds is 4. The molecule has 0 aliphatic heterocycles. The summed E-state index contributed by atoms with van der Waals surface area (Å²) in [6.45, 7) is 1.48. The van der Waals surface area contributed by atoms with Crippen LogP contribution >= 0.6 is 34.5 Å². The molecule has 0 radical (unpaired) electrons. The normalized spacial score (nSPS) is 11.6. The zero-order chi connectivity index (χ0) is 14.9. The lowest BCUT2D eigenvalue weighted by atomic mass is 10.3. The number of anilines is 1. The van der Waals surface area contributed by atoms with Gasteiger partial charge in [-0.05, 0) is 31.2 Å². The highest BCUT2D eigenvalue weighted by Crippen LogP contribution is 2.31. The number of nitrogens with one attached hydrogen (secondary N) is 1. The van der Waals surface area contributed by atoms with Gasteiger partial charge in [-0.1, -0.05) is 23.2 Å². The van der Waals surface area contributed by atoms with Crippen LogP contribution in [0.1, 0.15) is 9.75 Å². The van der Waals surface area contributed by atoms with E-state index >= 15 is 0 Å². The van der Waals surface area contributed by atoms with Crippen molar-refractivity contribution in [3.05, 3.63) is 44.1 Å². The molecule has 0 fully saturated rings. The van der Waals surface area contributed by atoms with Crippen molar-refractivity contribution in [3.63, 3.8) is 0 Å². The third-order valence-electron chi connectivity index (χ3n) is 2.54. The lowest BCUT2D eigenvalue weighted by Gasteiger charge is -2.09. The standard InChI is InChI=1S/C12H11Cl2NO3S2/c1-7-12(5-9(6-16)19-7)20(17,18)15-11-4-8(13)2-3-10(11)14/h2-5,15-16H,6H2,1H3. The molecule has 20 heavy (non-hydrogen) atoms. The summed E-state index contributed by atoms with van der Waals surface area (Å²) in [5, 5.41) is 9.71. The maximum absolute atomic E-state index is 12.3. The van der Waals surface area contributed by atoms with Gasteiger partial charge in [-0.25, -0.2) is 8.42 Å². The van der Waals surface area contributed by atoms with Crippen LogP contribution in [-0.4, -0.2) is 13.5 Å². The predicted octanol–water partition coefficient (Wildman–Crippen LogP) is 3.66. The lowest BCUT2D eigenvalue weighted by molar-refractivity contribution is 0.285. The summed E-state index contributed by atoms with van der Waals surface area (Å²) in [7, 11) is -3.77. The van der Waals surface area contributed by atoms with Gasteiger partial charge in [0.15, 0.2) is 0 Å². The molecular formula is C12H11Cl2NO3S2. The van der Waals surface area contributed by atoms with E-state index in [0.29, 0.717) is 14.8 Å². The molecule has 0 amide bonds. The smallest absolute Gasteiger partial charge is 0.263 e. The minimum absolute atomic E-state index is 0.127. The zero-order valence-corrected chi connectivity index (χ0v) is 13.5. The molecule has 1 aromatic carbocycles. The van der Waals surface area contributed by atoms with E-state index in [1.807, 2.05) is 0 Å². The van der Waals surface area contributed by atoms with Gasteiger partial charge in [0.1, 0.15) is 4.90 Å². The van der Waals surface area contributed by atoms with Crippen LogP contribution in [0.3, 0.4) is 0 Å². The SMILES string of the molecule is Cc1sc(CO)cc1S(=O)(=O)Nc1cc(Cl)ccc1Cl. The highest BCUT2D eigenvalue weighted by atomic mass is 35.5. The summed E-state index contributed by atoms with van der Waals surface area (Å²) in [6.07, 6.45) is 0. The first-order valence-corrected chi connectivity index (χ1v) is 8.57. The molecule has 108 valence electrons. The fourth-order valence-electron chi connectivity index (χ4n) is 1.64. The molecule has 2 aromatic rings. The summed E-state index contributed by atoms with van der Waals surface area (Å²) in [4.78, 5) is 1.31. The molecule has 0 bridgehead atoms. The maximum atomic E-state index is 12.3. The Bertz CT molecular complexity index is 741. The number of benzene rings is 1. The van der Waals surface area contributed by atoms with E-state index in [1.165, 1.54) is 29.5 Å². The molecule has 0 spiro atoms. The average molecular weight is 352 g/mol. The number of halogens is 2. The molecule has 8 heteroatoms. The Morgan fingerprint density at radius 2 is 2.00 bits per heavy atom. The van der Waals surface area contributed by atoms with E-state index in [9.17, 15) is 8.42 Å². The summed E-state index contributed by atoms with van der Waals surface area (Å²) in [5.74, 6) is 0. The second-order valence-corrected chi connectivity index (χ2v) is 7.86. The molecule has 4 nitrogen and oxygen atoms in total. The fourth-order valence-corrected chi connectivity index (χ4v) is 4.60. The lowest BCUT2D eigenvalue weighted by Crippen LogP contribution is -2.13. The van der Waals surface area contributed by atoms with Crippen LogP contribution in [0.2, 0.25) is 10.0 Å². The molecule has 0 unspecified atom stereocenters. The number of aliphatic hydroxyl groups is 1. The Balaban J connectivity index is 2.40. The van der Waals surface area contributed by atoms with Gasteiger partial charge in [0.05, 0.1) is 17.3 Å². The number of aliphatic hydroxyl groups excluding tert-OH is 1. The first kappa shape index (κ1) is 15.6. The van der Waals surface area contributed by atoms with E-state index in [2.05, 4.69) is 4.72 Å². The Morgan fingerprint density at radius 1 is 1.30 bits per heavy atom. The Kier molecular flexibility index (Phi) is 4.61. The summed E-state index contributed by atoms with van der Waals surface area (Å²) >= 11 is 13.0. The average Bonchev–Trinajstić information content (AvgIpc) is 2.76. The number of sulfonamides is 1. The summed E-state index contributed by atoms with van der Waals surface area (Å²) in [5.41, 5.74) is 0.218. The van der Waals surface area contributed by atoms with Crippen LogP contribution in [0.25, 0.3) is 0 Å². The zero-order valence-electron chi connectivity index (χ0n) is 10.4. The van der Waals surface area contributed by atoms with Gasteiger partial charge in [0.25, 0.3) is 10.0 Å². The summed E-state index contributed by atoms with van der Waals surface area (Å²) < 4.78 is 27.1. The van der Waals surface area contributed by atoms with E-state index in [4.69, 9.17) is 28.3 Å². The van der Waals surface area contributed by atoms with E-state index in [-0.39, 0.29) is 22.2 Å². The first-order chi connectivity index (χ1) is 9.33. The number of aryl methyl sites for hydroxylation is 1. The molecule has 2 rings (SSSR count). The van der Waals surface area contributed by atoms with Crippen molar-refractivity contribution in [3.8, 4) is 0 Å². The van der Waals surface area contributed by atoms with Crippen LogP contribution in [-0.2, 0) is 16.6 Å². The van der Waals surface area contributed by atoms with Crippen LogP contribution in [0.15, 0.2) is 29.2 Å². The van der Waals surface area contributed by atoms with Gasteiger partial charge in [0.2, 0.25) is 0 Å². The Labute approximate surface area is 131 Å². The molecule has 0 atom stereocenters. The molecule has 1 aromatic heterocycles. The van der Waals surface area contributed by atoms with Gasteiger partial charge >= 0.3 is 0 Å². The largest absolute Gasteiger partial charge is 0.391 e. The molecule has 1 heterocycles. The van der Waals surface area contributed by atoms with Crippen LogP contribution in [0.4, 0.5) is 5.69 Å². The molecule has 0 saturated carbocycles. The minimum atomic E-state index is -3.77. The summed E-state index contributed by atoms with van der Waals surface area (Å²) in [6, 6.07) is 5.97. The number of thiophene rings is 1. The van der Waals surface area contributed by atoms with Gasteiger partial charge in [-0.15, -0.1) is 11.3 Å². The van der Waals surface area contributed by atoms with Crippen molar-refractivity contribution >= 4 is 50.2 Å². The topological polar surface area (TPSA) is 66.4 Å². The van der Waals surface area contributed by atoms with Gasteiger partial charge in [0, 0.05) is 14.8 Å². The molecule has 0 aliphatic carbocycles. The monoisotopic (exact) mass is 351 g/mol. The Hall–Kier alpha value is -0.790. The second kappa shape index (κ2) is 5.91. The minimum Gasteiger partial charge on any atom is -0.391 e. The van der Waals surface area contributed by atoms with Crippen molar-refractivity contribution < 1.29 is 13.5 Å². The van der Waals surface area contributed by atoms with Crippen molar-refractivity contribution in [1.29, 1.82) is 0 Å². The number of hydrogen-bond donors (Lipinski definition) is 2. The molecule has 0 saturated heterocycles. The van der Waals surface area contributed by atoms with Crippen molar-refractivity contribution in [1.82, 2.24) is 0 Å². The maximum Gasteiger partial charge on any atom is 0.263 e.